The number of nitrogens with two attached hydrogens (primary N) is 1. The van der Waals surface area contributed by atoms with E-state index in [1.807, 2.05) is 0 Å². The van der Waals surface area contributed by atoms with E-state index >= 15 is 0 Å². The summed E-state index contributed by atoms with van der Waals surface area (Å²) in [7, 11) is 0. The molecule has 1 saturated heterocycles. The van der Waals surface area contributed by atoms with Gasteiger partial charge in [0.1, 0.15) is 0 Å². The van der Waals surface area contributed by atoms with E-state index in [0.29, 0.717) is 18.5 Å². The molecule has 5 nitrogen and oxygen atoms in total. The molecule has 0 bridgehead atoms. The SMILES string of the molecule is NNc1ccc(N2C(=O)CCC2=O)cc1. The maximum atomic E-state index is 11.4. The number of nitrogens with zero attached hydrogens (tertiary/aromatic N) is 1. The van der Waals surface area contributed by atoms with E-state index in [2.05, 4.69) is 5.43 Å². The molecule has 0 spiro atoms. The van der Waals surface area contributed by atoms with E-state index < -0.39 is 0 Å². The molecule has 0 aromatic heterocycles. The molecule has 2 rings (SSSR count). The number of carbonyl (C=O) groups excluding carboxylic acids is 2. The second-order valence-corrected chi connectivity index (χ2v) is 3.31. The van der Waals surface area contributed by atoms with Gasteiger partial charge in [-0.05, 0) is 24.3 Å². The number of hydrazine groups is 1. The molecule has 0 unspecified atom stereocenters. The summed E-state index contributed by atoms with van der Waals surface area (Å²) in [5, 5.41) is 0. The summed E-state index contributed by atoms with van der Waals surface area (Å²) < 4.78 is 0. The highest BCUT2D eigenvalue weighted by atomic mass is 16.2. The first-order valence-corrected chi connectivity index (χ1v) is 4.65. The second-order valence-electron chi connectivity index (χ2n) is 3.31. The fraction of sp³-hybridized carbons (Fsp3) is 0.200. The quantitative estimate of drug-likeness (QED) is 0.421. The highest BCUT2D eigenvalue weighted by molar-refractivity contribution is 6.19. The number of imide groups is 1. The van der Waals surface area contributed by atoms with Crippen LogP contribution in [-0.4, -0.2) is 11.8 Å². The van der Waals surface area contributed by atoms with Crippen molar-refractivity contribution in [2.45, 2.75) is 12.8 Å². The number of amides is 2. The first-order chi connectivity index (χ1) is 7.22. The van der Waals surface area contributed by atoms with Crippen LogP contribution in [0.3, 0.4) is 0 Å². The molecule has 1 heterocycles. The molecule has 78 valence electrons. The normalized spacial score (nSPS) is 15.9. The van der Waals surface area contributed by atoms with Gasteiger partial charge < -0.3 is 5.43 Å². The van der Waals surface area contributed by atoms with E-state index in [-0.39, 0.29) is 11.8 Å². The Kier molecular flexibility index (Phi) is 2.39. The Balaban J connectivity index is 2.29. The smallest absolute Gasteiger partial charge is 0.234 e. The van der Waals surface area contributed by atoms with Crippen molar-refractivity contribution in [2.75, 3.05) is 10.3 Å². The zero-order valence-corrected chi connectivity index (χ0v) is 8.06. The van der Waals surface area contributed by atoms with Crippen molar-refractivity contribution in [2.24, 2.45) is 5.84 Å². The maximum Gasteiger partial charge on any atom is 0.234 e. The van der Waals surface area contributed by atoms with Crippen molar-refractivity contribution in [1.29, 1.82) is 0 Å². The molecule has 0 radical (unpaired) electrons. The predicted octanol–water partition coefficient (Wildman–Crippen LogP) is 0.626. The summed E-state index contributed by atoms with van der Waals surface area (Å²) in [6.07, 6.45) is 0.603. The second kappa shape index (κ2) is 3.70. The van der Waals surface area contributed by atoms with Gasteiger partial charge in [0.25, 0.3) is 0 Å². The molecule has 1 aromatic rings. The van der Waals surface area contributed by atoms with E-state index in [1.54, 1.807) is 24.3 Å². The van der Waals surface area contributed by atoms with E-state index in [0.717, 1.165) is 5.69 Å². The van der Waals surface area contributed by atoms with Crippen molar-refractivity contribution in [3.05, 3.63) is 24.3 Å². The molecule has 3 N–H and O–H groups in total. The van der Waals surface area contributed by atoms with Crippen molar-refractivity contribution in [3.63, 3.8) is 0 Å². The monoisotopic (exact) mass is 205 g/mol. The van der Waals surface area contributed by atoms with Crippen molar-refractivity contribution in [3.8, 4) is 0 Å². The summed E-state index contributed by atoms with van der Waals surface area (Å²) in [4.78, 5) is 24.0. The third kappa shape index (κ3) is 1.69. The number of nitrogens with one attached hydrogen (secondary N) is 1. The molecule has 1 aromatic carbocycles. The first-order valence-electron chi connectivity index (χ1n) is 4.65. The predicted molar refractivity (Wildman–Crippen MR) is 56.0 cm³/mol. The van der Waals surface area contributed by atoms with Crippen LogP contribution >= 0.6 is 0 Å². The molecule has 1 aliphatic heterocycles. The Bertz CT molecular complexity index is 384. The average Bonchev–Trinajstić information content (AvgIpc) is 2.59. The van der Waals surface area contributed by atoms with Gasteiger partial charge in [0.2, 0.25) is 11.8 Å². The van der Waals surface area contributed by atoms with Gasteiger partial charge in [0.05, 0.1) is 5.69 Å². The lowest BCUT2D eigenvalue weighted by molar-refractivity contribution is -0.121. The van der Waals surface area contributed by atoms with Gasteiger partial charge >= 0.3 is 0 Å². The van der Waals surface area contributed by atoms with Crippen LogP contribution in [0.2, 0.25) is 0 Å². The Labute approximate surface area is 86.8 Å². The average molecular weight is 205 g/mol. The van der Waals surface area contributed by atoms with Gasteiger partial charge in [-0.2, -0.15) is 0 Å². The van der Waals surface area contributed by atoms with Crippen LogP contribution in [0, 0.1) is 0 Å². The first kappa shape index (κ1) is 9.67. The Morgan fingerprint density at radius 1 is 1.07 bits per heavy atom. The zero-order valence-electron chi connectivity index (χ0n) is 8.06. The topological polar surface area (TPSA) is 75.4 Å². The molecule has 0 saturated carbocycles. The molecule has 2 amide bonds. The van der Waals surface area contributed by atoms with E-state index in [4.69, 9.17) is 5.84 Å². The van der Waals surface area contributed by atoms with Crippen molar-refractivity contribution >= 4 is 23.2 Å². The van der Waals surface area contributed by atoms with Crippen LogP contribution in [0.1, 0.15) is 12.8 Å². The molecule has 1 fully saturated rings. The summed E-state index contributed by atoms with van der Waals surface area (Å²) in [6, 6.07) is 6.81. The van der Waals surface area contributed by atoms with Crippen LogP contribution in [0.15, 0.2) is 24.3 Å². The zero-order chi connectivity index (χ0) is 10.8. The number of anilines is 2. The molecule has 0 aliphatic carbocycles. The van der Waals surface area contributed by atoms with Crippen LogP contribution in [0.4, 0.5) is 11.4 Å². The van der Waals surface area contributed by atoms with E-state index in [9.17, 15) is 9.59 Å². The minimum Gasteiger partial charge on any atom is -0.324 e. The fourth-order valence-corrected chi connectivity index (χ4v) is 1.57. The minimum absolute atomic E-state index is 0.145. The molecular formula is C10H11N3O2. The van der Waals surface area contributed by atoms with Gasteiger partial charge in [0.15, 0.2) is 0 Å². The lowest BCUT2D eigenvalue weighted by Crippen LogP contribution is -2.28. The van der Waals surface area contributed by atoms with Crippen molar-refractivity contribution in [1.82, 2.24) is 0 Å². The van der Waals surface area contributed by atoms with Gasteiger partial charge in [-0.25, -0.2) is 0 Å². The number of hydrogen-bond acceptors (Lipinski definition) is 4. The minimum atomic E-state index is -0.145. The fourth-order valence-electron chi connectivity index (χ4n) is 1.57. The van der Waals surface area contributed by atoms with Crippen molar-refractivity contribution < 1.29 is 9.59 Å². The number of rotatable bonds is 2. The number of hydrogen-bond donors (Lipinski definition) is 2. The molecule has 15 heavy (non-hydrogen) atoms. The Morgan fingerprint density at radius 3 is 2.07 bits per heavy atom. The number of nitrogen functional groups attached to an aromatic ring is 1. The molecule has 0 atom stereocenters. The van der Waals surface area contributed by atoms with Gasteiger partial charge in [-0.15, -0.1) is 0 Å². The van der Waals surface area contributed by atoms with Crippen LogP contribution < -0.4 is 16.2 Å². The maximum absolute atomic E-state index is 11.4. The van der Waals surface area contributed by atoms with E-state index in [1.165, 1.54) is 4.90 Å². The van der Waals surface area contributed by atoms with Gasteiger partial charge in [0, 0.05) is 18.5 Å². The third-order valence-corrected chi connectivity index (χ3v) is 2.34. The van der Waals surface area contributed by atoms with Gasteiger partial charge in [-0.1, -0.05) is 0 Å². The van der Waals surface area contributed by atoms with Crippen LogP contribution in [0.25, 0.3) is 0 Å². The lowest BCUT2D eigenvalue weighted by atomic mass is 10.2. The number of carbonyl (C=O) groups is 2. The lowest BCUT2D eigenvalue weighted by Gasteiger charge is -2.13. The van der Waals surface area contributed by atoms with Gasteiger partial charge in [-0.3, -0.25) is 20.3 Å². The largest absolute Gasteiger partial charge is 0.324 e. The Morgan fingerprint density at radius 2 is 1.60 bits per heavy atom. The molecule has 1 aliphatic rings. The van der Waals surface area contributed by atoms with Crippen LogP contribution in [0.5, 0.6) is 0 Å². The summed E-state index contributed by atoms with van der Waals surface area (Å²) in [5.41, 5.74) is 3.81. The highest BCUT2D eigenvalue weighted by Crippen LogP contribution is 2.23. The standard InChI is InChI=1S/C10H11N3O2/c11-12-7-1-3-8(4-2-7)13-9(14)5-6-10(13)15/h1-4,12H,5-6,11H2. The third-order valence-electron chi connectivity index (χ3n) is 2.34. The number of benzene rings is 1. The summed E-state index contributed by atoms with van der Waals surface area (Å²) >= 11 is 0. The van der Waals surface area contributed by atoms with Crippen LogP contribution in [-0.2, 0) is 9.59 Å². The summed E-state index contributed by atoms with van der Waals surface area (Å²) in [6.45, 7) is 0. The molecule has 5 heteroatoms. The Hall–Kier alpha value is -1.88. The molecular weight excluding hydrogens is 194 g/mol. The summed E-state index contributed by atoms with van der Waals surface area (Å²) in [5.74, 6) is 4.92. The highest BCUT2D eigenvalue weighted by Gasteiger charge is 2.29.